The molecule has 0 radical (unpaired) electrons. The van der Waals surface area contributed by atoms with Gasteiger partial charge in [-0.25, -0.2) is 4.98 Å². The molecule has 19 heavy (non-hydrogen) atoms. The van der Waals surface area contributed by atoms with Crippen LogP contribution < -0.4 is 5.32 Å². The van der Waals surface area contributed by atoms with Gasteiger partial charge in [0, 0.05) is 18.1 Å². The topological polar surface area (TPSA) is 64.5 Å². The summed E-state index contributed by atoms with van der Waals surface area (Å²) in [6.07, 6.45) is -1.31. The van der Waals surface area contributed by atoms with Crippen molar-refractivity contribution in [2.24, 2.45) is 0 Å². The summed E-state index contributed by atoms with van der Waals surface area (Å²) in [4.78, 5) is 6.82. The first-order valence-electron chi connectivity index (χ1n) is 5.34. The normalized spacial score (nSPS) is 11.1. The van der Waals surface area contributed by atoms with Crippen LogP contribution >= 0.6 is 0 Å². The Bertz CT molecular complexity index is 596. The molecule has 4 nitrogen and oxygen atoms in total. The maximum atomic E-state index is 12.6. The van der Waals surface area contributed by atoms with Gasteiger partial charge < -0.3 is 10.3 Å². The van der Waals surface area contributed by atoms with E-state index in [1.54, 1.807) is 18.5 Å². The SMILES string of the molecule is N#Cc1cc(NCc2ncc[nH]2)ccc1C(F)(F)F. The van der Waals surface area contributed by atoms with E-state index in [4.69, 9.17) is 5.26 Å². The maximum absolute atomic E-state index is 12.6. The molecule has 0 amide bonds. The lowest BCUT2D eigenvalue weighted by molar-refractivity contribution is -0.137. The number of imidazole rings is 1. The van der Waals surface area contributed by atoms with Crippen molar-refractivity contribution in [3.05, 3.63) is 47.5 Å². The molecule has 2 N–H and O–H groups in total. The van der Waals surface area contributed by atoms with Crippen LogP contribution in [0.4, 0.5) is 18.9 Å². The van der Waals surface area contributed by atoms with Crippen LogP contribution in [-0.2, 0) is 12.7 Å². The quantitative estimate of drug-likeness (QED) is 0.897. The van der Waals surface area contributed by atoms with Crippen molar-refractivity contribution < 1.29 is 13.2 Å². The van der Waals surface area contributed by atoms with E-state index in [-0.39, 0.29) is 0 Å². The molecule has 0 saturated heterocycles. The van der Waals surface area contributed by atoms with Crippen molar-refractivity contribution in [1.82, 2.24) is 9.97 Å². The highest BCUT2D eigenvalue weighted by Crippen LogP contribution is 2.32. The molecule has 0 spiro atoms. The Morgan fingerprint density at radius 3 is 2.74 bits per heavy atom. The largest absolute Gasteiger partial charge is 0.417 e. The van der Waals surface area contributed by atoms with Crippen molar-refractivity contribution >= 4 is 5.69 Å². The summed E-state index contributed by atoms with van der Waals surface area (Å²) < 4.78 is 37.8. The lowest BCUT2D eigenvalue weighted by atomic mass is 10.1. The number of aromatic amines is 1. The van der Waals surface area contributed by atoms with E-state index in [2.05, 4.69) is 15.3 Å². The standard InChI is InChI=1S/C12H9F3N4/c13-12(14,15)10-2-1-9(5-8(10)6-16)19-7-11-17-3-4-18-11/h1-5,19H,7H2,(H,17,18). The van der Waals surface area contributed by atoms with E-state index in [1.165, 1.54) is 12.1 Å². The highest BCUT2D eigenvalue weighted by Gasteiger charge is 2.33. The summed E-state index contributed by atoms with van der Waals surface area (Å²) in [6.45, 7) is 0.337. The van der Waals surface area contributed by atoms with E-state index in [0.29, 0.717) is 18.1 Å². The summed E-state index contributed by atoms with van der Waals surface area (Å²) >= 11 is 0. The number of benzene rings is 1. The van der Waals surface area contributed by atoms with Gasteiger partial charge in [0.05, 0.1) is 23.7 Å². The molecule has 1 aromatic heterocycles. The number of H-pyrrole nitrogens is 1. The second-order valence-electron chi connectivity index (χ2n) is 3.76. The Morgan fingerprint density at radius 1 is 1.37 bits per heavy atom. The number of nitriles is 1. The number of halogens is 3. The monoisotopic (exact) mass is 266 g/mol. The fourth-order valence-electron chi connectivity index (χ4n) is 1.57. The average molecular weight is 266 g/mol. The Kier molecular flexibility index (Phi) is 3.42. The van der Waals surface area contributed by atoms with Gasteiger partial charge in [-0.3, -0.25) is 0 Å². The molecule has 7 heteroatoms. The molecule has 0 unspecified atom stereocenters. The minimum atomic E-state index is -4.52. The van der Waals surface area contributed by atoms with Gasteiger partial charge in [0.1, 0.15) is 5.82 Å². The number of hydrogen-bond acceptors (Lipinski definition) is 3. The minimum absolute atomic E-state index is 0.337. The fraction of sp³-hybridized carbons (Fsp3) is 0.167. The van der Waals surface area contributed by atoms with Gasteiger partial charge in [0.15, 0.2) is 0 Å². The third-order valence-corrected chi connectivity index (χ3v) is 2.46. The van der Waals surface area contributed by atoms with Gasteiger partial charge in [-0.2, -0.15) is 18.4 Å². The van der Waals surface area contributed by atoms with Crippen LogP contribution in [0.1, 0.15) is 17.0 Å². The second kappa shape index (κ2) is 5.02. The summed E-state index contributed by atoms with van der Waals surface area (Å²) in [5, 5.41) is 11.7. The van der Waals surface area contributed by atoms with Crippen molar-refractivity contribution in [3.63, 3.8) is 0 Å². The van der Waals surface area contributed by atoms with Gasteiger partial charge in [-0.1, -0.05) is 0 Å². The molecule has 98 valence electrons. The third kappa shape index (κ3) is 3.04. The van der Waals surface area contributed by atoms with Crippen LogP contribution in [0, 0.1) is 11.3 Å². The molecular weight excluding hydrogens is 257 g/mol. The summed E-state index contributed by atoms with van der Waals surface area (Å²) in [5.74, 6) is 0.651. The zero-order valence-corrected chi connectivity index (χ0v) is 9.62. The van der Waals surface area contributed by atoms with Gasteiger partial charge in [-0.15, -0.1) is 0 Å². The average Bonchev–Trinajstić information content (AvgIpc) is 2.88. The zero-order valence-electron chi connectivity index (χ0n) is 9.62. The molecular formula is C12H9F3N4. The van der Waals surface area contributed by atoms with Crippen LogP contribution in [0.25, 0.3) is 0 Å². The molecule has 0 atom stereocenters. The number of nitrogens with one attached hydrogen (secondary N) is 2. The zero-order chi connectivity index (χ0) is 13.9. The van der Waals surface area contributed by atoms with Crippen molar-refractivity contribution in [3.8, 4) is 6.07 Å². The molecule has 0 fully saturated rings. The molecule has 0 saturated carbocycles. The molecule has 0 aliphatic rings. The maximum Gasteiger partial charge on any atom is 0.417 e. The lowest BCUT2D eigenvalue weighted by Gasteiger charge is -2.11. The summed E-state index contributed by atoms with van der Waals surface area (Å²) in [6, 6.07) is 4.90. The Balaban J connectivity index is 2.18. The number of nitrogens with zero attached hydrogens (tertiary/aromatic N) is 2. The van der Waals surface area contributed by atoms with Gasteiger partial charge >= 0.3 is 6.18 Å². The predicted octanol–water partition coefficient (Wildman–Crippen LogP) is 2.91. The second-order valence-corrected chi connectivity index (χ2v) is 3.76. The fourth-order valence-corrected chi connectivity index (χ4v) is 1.57. The van der Waals surface area contributed by atoms with Crippen LogP contribution in [0.15, 0.2) is 30.6 Å². The summed E-state index contributed by atoms with van der Waals surface area (Å²) in [5.41, 5.74) is -0.906. The number of aromatic nitrogens is 2. The molecule has 2 rings (SSSR count). The first-order valence-corrected chi connectivity index (χ1v) is 5.34. The summed E-state index contributed by atoms with van der Waals surface area (Å²) in [7, 11) is 0. The van der Waals surface area contributed by atoms with Crippen molar-refractivity contribution in [1.29, 1.82) is 5.26 Å². The number of rotatable bonds is 3. The van der Waals surface area contributed by atoms with E-state index in [0.717, 1.165) is 6.07 Å². The lowest BCUT2D eigenvalue weighted by Crippen LogP contribution is -2.09. The third-order valence-electron chi connectivity index (χ3n) is 2.46. The highest BCUT2D eigenvalue weighted by atomic mass is 19.4. The van der Waals surface area contributed by atoms with E-state index >= 15 is 0 Å². The predicted molar refractivity (Wildman–Crippen MR) is 62.1 cm³/mol. The number of hydrogen-bond donors (Lipinski definition) is 2. The van der Waals surface area contributed by atoms with Crippen LogP contribution in [0.2, 0.25) is 0 Å². The van der Waals surface area contributed by atoms with Gasteiger partial charge in [0.2, 0.25) is 0 Å². The van der Waals surface area contributed by atoms with Crippen molar-refractivity contribution in [2.45, 2.75) is 12.7 Å². The first-order chi connectivity index (χ1) is 9.00. The molecule has 1 heterocycles. The molecule has 1 aromatic carbocycles. The Labute approximate surface area is 106 Å². The van der Waals surface area contributed by atoms with Crippen LogP contribution in [0.5, 0.6) is 0 Å². The smallest absolute Gasteiger partial charge is 0.378 e. The molecule has 0 aliphatic heterocycles. The molecule has 0 bridgehead atoms. The van der Waals surface area contributed by atoms with Gasteiger partial charge in [0.25, 0.3) is 0 Å². The number of alkyl halides is 3. The highest BCUT2D eigenvalue weighted by molar-refractivity contribution is 5.53. The van der Waals surface area contributed by atoms with E-state index in [9.17, 15) is 13.2 Å². The van der Waals surface area contributed by atoms with Gasteiger partial charge in [-0.05, 0) is 18.2 Å². The number of anilines is 1. The van der Waals surface area contributed by atoms with Crippen LogP contribution in [-0.4, -0.2) is 9.97 Å². The van der Waals surface area contributed by atoms with E-state index < -0.39 is 17.3 Å². The molecule has 0 aliphatic carbocycles. The minimum Gasteiger partial charge on any atom is -0.378 e. The Morgan fingerprint density at radius 2 is 2.16 bits per heavy atom. The van der Waals surface area contributed by atoms with E-state index in [1.807, 2.05) is 0 Å². The van der Waals surface area contributed by atoms with Crippen LogP contribution in [0.3, 0.4) is 0 Å². The first kappa shape index (κ1) is 13.0. The molecule has 2 aromatic rings. The van der Waals surface area contributed by atoms with Crippen molar-refractivity contribution in [2.75, 3.05) is 5.32 Å². The Hall–Kier alpha value is -2.49.